The zero-order valence-corrected chi connectivity index (χ0v) is 11.2. The van der Waals surface area contributed by atoms with Gasteiger partial charge in [-0.2, -0.15) is 0 Å². The van der Waals surface area contributed by atoms with Crippen molar-refractivity contribution in [1.82, 2.24) is 4.98 Å². The molecule has 2 aromatic rings. The molecule has 0 unspecified atom stereocenters. The number of para-hydroxylation sites is 1. The molecule has 1 amide bonds. The van der Waals surface area contributed by atoms with Crippen molar-refractivity contribution in [3.05, 3.63) is 45.9 Å². The van der Waals surface area contributed by atoms with E-state index < -0.39 is 23.2 Å². The van der Waals surface area contributed by atoms with Gasteiger partial charge in [0.05, 0.1) is 18.0 Å². The molecule has 0 aliphatic rings. The van der Waals surface area contributed by atoms with Gasteiger partial charge in [0.1, 0.15) is 22.3 Å². The van der Waals surface area contributed by atoms with Gasteiger partial charge in [0, 0.05) is 5.38 Å². The molecule has 0 bridgehead atoms. The summed E-state index contributed by atoms with van der Waals surface area (Å²) in [6, 6.07) is 3.38. The number of nitrogens with zero attached hydrogens (tertiary/aromatic N) is 1. The third-order valence-corrected chi connectivity index (χ3v) is 3.45. The summed E-state index contributed by atoms with van der Waals surface area (Å²) in [5.74, 6) is -1.89. The fourth-order valence-electron chi connectivity index (χ4n) is 1.43. The number of rotatable bonds is 4. The molecule has 19 heavy (non-hydrogen) atoms. The van der Waals surface area contributed by atoms with E-state index in [2.05, 4.69) is 10.3 Å². The first-order valence-corrected chi connectivity index (χ1v) is 6.74. The fraction of sp³-hybridized carbons (Fsp3) is 0.167. The highest BCUT2D eigenvalue weighted by molar-refractivity contribution is 7.09. The summed E-state index contributed by atoms with van der Waals surface area (Å²) in [6.07, 6.45) is -0.0463. The summed E-state index contributed by atoms with van der Waals surface area (Å²) >= 11 is 6.87. The number of hydrogen-bond acceptors (Lipinski definition) is 3. The highest BCUT2D eigenvalue weighted by atomic mass is 35.5. The van der Waals surface area contributed by atoms with Gasteiger partial charge in [-0.25, -0.2) is 13.8 Å². The first-order chi connectivity index (χ1) is 9.10. The van der Waals surface area contributed by atoms with Crippen molar-refractivity contribution in [2.75, 3.05) is 5.32 Å². The molecule has 0 aliphatic heterocycles. The molecule has 0 radical (unpaired) electrons. The summed E-state index contributed by atoms with van der Waals surface area (Å²) in [7, 11) is 0. The zero-order valence-electron chi connectivity index (χ0n) is 9.62. The van der Waals surface area contributed by atoms with Crippen LogP contribution in [-0.2, 0) is 17.1 Å². The van der Waals surface area contributed by atoms with Gasteiger partial charge in [-0.05, 0) is 12.1 Å². The van der Waals surface area contributed by atoms with Crippen molar-refractivity contribution in [3.8, 4) is 0 Å². The number of aromatic nitrogens is 1. The molecule has 1 aromatic heterocycles. The Labute approximate surface area is 117 Å². The predicted molar refractivity (Wildman–Crippen MR) is 70.4 cm³/mol. The fourth-order valence-corrected chi connectivity index (χ4v) is 2.45. The lowest BCUT2D eigenvalue weighted by Crippen LogP contribution is -2.16. The van der Waals surface area contributed by atoms with E-state index in [1.807, 2.05) is 0 Å². The maximum atomic E-state index is 13.3. The number of carbonyl (C=O) groups is 1. The van der Waals surface area contributed by atoms with Gasteiger partial charge < -0.3 is 5.32 Å². The van der Waals surface area contributed by atoms with Crippen LogP contribution in [0.3, 0.4) is 0 Å². The van der Waals surface area contributed by atoms with Crippen LogP contribution in [0, 0.1) is 11.6 Å². The van der Waals surface area contributed by atoms with Crippen LogP contribution in [-0.4, -0.2) is 10.9 Å². The van der Waals surface area contributed by atoms with Crippen molar-refractivity contribution >= 4 is 34.5 Å². The Morgan fingerprint density at radius 3 is 2.63 bits per heavy atom. The Bertz CT molecular complexity index is 583. The average Bonchev–Trinajstić information content (AvgIpc) is 2.81. The van der Waals surface area contributed by atoms with Gasteiger partial charge >= 0.3 is 0 Å². The van der Waals surface area contributed by atoms with Crippen LogP contribution >= 0.6 is 22.9 Å². The Hall–Kier alpha value is -1.53. The highest BCUT2D eigenvalue weighted by Gasteiger charge is 2.13. The average molecular weight is 303 g/mol. The molecule has 0 spiro atoms. The lowest BCUT2D eigenvalue weighted by molar-refractivity contribution is -0.115. The Balaban J connectivity index is 2.05. The third-order valence-electron chi connectivity index (χ3n) is 2.28. The second-order valence-corrected chi connectivity index (χ2v) is 4.90. The minimum absolute atomic E-state index is 0.0463. The number of anilines is 1. The Morgan fingerprint density at radius 2 is 2.05 bits per heavy atom. The molecular weight excluding hydrogens is 294 g/mol. The van der Waals surface area contributed by atoms with E-state index in [1.165, 1.54) is 17.4 Å². The van der Waals surface area contributed by atoms with Gasteiger partial charge in [-0.3, -0.25) is 4.79 Å². The summed E-state index contributed by atoms with van der Waals surface area (Å²) in [4.78, 5) is 15.8. The van der Waals surface area contributed by atoms with Crippen LogP contribution in [0.15, 0.2) is 23.6 Å². The van der Waals surface area contributed by atoms with Crippen molar-refractivity contribution in [3.63, 3.8) is 0 Å². The monoisotopic (exact) mass is 302 g/mol. The summed E-state index contributed by atoms with van der Waals surface area (Å²) < 4.78 is 26.6. The zero-order chi connectivity index (χ0) is 13.8. The van der Waals surface area contributed by atoms with E-state index in [0.29, 0.717) is 10.7 Å². The largest absolute Gasteiger partial charge is 0.321 e. The number of halogens is 3. The predicted octanol–water partition coefficient (Wildman–Crippen LogP) is 3.34. The molecule has 0 atom stereocenters. The third kappa shape index (κ3) is 3.48. The number of nitrogens with one attached hydrogen (secondary N) is 1. The van der Waals surface area contributed by atoms with Crippen molar-refractivity contribution in [1.29, 1.82) is 0 Å². The summed E-state index contributed by atoms with van der Waals surface area (Å²) in [5.41, 5.74) is 0.230. The molecule has 0 fully saturated rings. The van der Waals surface area contributed by atoms with Crippen molar-refractivity contribution in [2.24, 2.45) is 0 Å². The van der Waals surface area contributed by atoms with E-state index >= 15 is 0 Å². The van der Waals surface area contributed by atoms with E-state index in [9.17, 15) is 13.6 Å². The maximum absolute atomic E-state index is 13.3. The van der Waals surface area contributed by atoms with Crippen molar-refractivity contribution in [2.45, 2.75) is 12.3 Å². The molecule has 0 saturated heterocycles. The van der Waals surface area contributed by atoms with Crippen LogP contribution in [0.2, 0.25) is 0 Å². The molecule has 0 aliphatic carbocycles. The van der Waals surface area contributed by atoms with E-state index in [0.717, 1.165) is 12.1 Å². The van der Waals surface area contributed by atoms with Crippen LogP contribution in [0.4, 0.5) is 14.5 Å². The lowest BCUT2D eigenvalue weighted by atomic mass is 10.3. The number of amides is 1. The molecule has 0 saturated carbocycles. The van der Waals surface area contributed by atoms with Gasteiger partial charge in [0.15, 0.2) is 0 Å². The normalized spacial score (nSPS) is 10.5. The van der Waals surface area contributed by atoms with Crippen LogP contribution in [0.25, 0.3) is 0 Å². The molecule has 1 aromatic carbocycles. The van der Waals surface area contributed by atoms with Gasteiger partial charge in [-0.15, -0.1) is 22.9 Å². The molecule has 1 N–H and O–H groups in total. The molecule has 1 heterocycles. The van der Waals surface area contributed by atoms with Crippen molar-refractivity contribution < 1.29 is 13.6 Å². The number of hydrogen-bond donors (Lipinski definition) is 1. The van der Waals surface area contributed by atoms with Crippen LogP contribution < -0.4 is 5.32 Å². The molecule has 3 nitrogen and oxygen atoms in total. The lowest BCUT2D eigenvalue weighted by Gasteiger charge is -2.06. The summed E-state index contributed by atoms with van der Waals surface area (Å²) in [5, 5.41) is 4.48. The second kappa shape index (κ2) is 6.08. The SMILES string of the molecule is O=C(Cc1nc(CCl)cs1)Nc1c(F)cccc1F. The number of thiazole rings is 1. The number of benzene rings is 1. The Morgan fingerprint density at radius 1 is 1.37 bits per heavy atom. The minimum atomic E-state index is -0.811. The molecular formula is C12H9ClF2N2OS. The Kier molecular flexibility index (Phi) is 4.44. The first kappa shape index (κ1) is 13.9. The highest BCUT2D eigenvalue weighted by Crippen LogP contribution is 2.19. The van der Waals surface area contributed by atoms with E-state index in [4.69, 9.17) is 11.6 Å². The first-order valence-electron chi connectivity index (χ1n) is 5.33. The number of carbonyl (C=O) groups excluding carboxylic acids is 1. The van der Waals surface area contributed by atoms with E-state index in [1.54, 1.807) is 5.38 Å². The smallest absolute Gasteiger partial charge is 0.231 e. The van der Waals surface area contributed by atoms with Gasteiger partial charge in [0.2, 0.25) is 5.91 Å². The topological polar surface area (TPSA) is 42.0 Å². The van der Waals surface area contributed by atoms with Gasteiger partial charge in [0.25, 0.3) is 0 Å². The van der Waals surface area contributed by atoms with Gasteiger partial charge in [-0.1, -0.05) is 6.07 Å². The quantitative estimate of drug-likeness (QED) is 0.880. The maximum Gasteiger partial charge on any atom is 0.231 e. The van der Waals surface area contributed by atoms with Crippen LogP contribution in [0.5, 0.6) is 0 Å². The van der Waals surface area contributed by atoms with Crippen LogP contribution in [0.1, 0.15) is 10.7 Å². The summed E-state index contributed by atoms with van der Waals surface area (Å²) in [6.45, 7) is 0. The molecule has 100 valence electrons. The molecule has 7 heteroatoms. The second-order valence-electron chi connectivity index (χ2n) is 3.69. The minimum Gasteiger partial charge on any atom is -0.321 e. The molecule has 2 rings (SSSR count). The number of alkyl halides is 1. The van der Waals surface area contributed by atoms with E-state index in [-0.39, 0.29) is 12.3 Å². The standard InChI is InChI=1S/C12H9ClF2N2OS/c13-5-7-6-19-11(16-7)4-10(18)17-12-8(14)2-1-3-9(12)15/h1-3,6H,4-5H2,(H,17,18).